The van der Waals surface area contributed by atoms with E-state index < -0.39 is 6.10 Å². The Kier molecular flexibility index (Phi) is 5.27. The van der Waals surface area contributed by atoms with Gasteiger partial charge in [0.05, 0.1) is 6.04 Å². The van der Waals surface area contributed by atoms with Crippen molar-refractivity contribution in [3.8, 4) is 11.5 Å². The third kappa shape index (κ3) is 3.95. The smallest absolute Gasteiger partial charge is 0.265 e. The third-order valence-corrected chi connectivity index (χ3v) is 4.51. The molecule has 2 atom stereocenters. The molecular formula is C21H25NO3. The molecule has 3 rings (SSSR count). The number of hydrogen-bond acceptors (Lipinski definition) is 3. The summed E-state index contributed by atoms with van der Waals surface area (Å²) in [5, 5.41) is 3.13. The zero-order chi connectivity index (χ0) is 17.8. The van der Waals surface area contributed by atoms with Crippen LogP contribution in [0.25, 0.3) is 0 Å². The van der Waals surface area contributed by atoms with Gasteiger partial charge in [-0.2, -0.15) is 0 Å². The van der Waals surface area contributed by atoms with Crippen LogP contribution in [0.15, 0.2) is 48.5 Å². The summed E-state index contributed by atoms with van der Waals surface area (Å²) in [6.07, 6.45) is 0.372. The SMILES string of the molecule is CCc1ccc([C@H](NC(=O)[C@H]2COc3ccccc3O2)C(C)C)cc1. The van der Waals surface area contributed by atoms with Gasteiger partial charge in [-0.15, -0.1) is 0 Å². The van der Waals surface area contributed by atoms with Crippen LogP contribution in [0.1, 0.15) is 37.9 Å². The van der Waals surface area contributed by atoms with E-state index in [1.807, 2.05) is 24.3 Å². The van der Waals surface area contributed by atoms with Gasteiger partial charge < -0.3 is 14.8 Å². The lowest BCUT2D eigenvalue weighted by atomic mass is 9.94. The second kappa shape index (κ2) is 7.60. The Morgan fingerprint density at radius 1 is 1.12 bits per heavy atom. The Hall–Kier alpha value is -2.49. The average Bonchev–Trinajstić information content (AvgIpc) is 2.65. The van der Waals surface area contributed by atoms with Crippen LogP contribution < -0.4 is 14.8 Å². The molecule has 4 heteroatoms. The van der Waals surface area contributed by atoms with E-state index in [0.717, 1.165) is 12.0 Å². The van der Waals surface area contributed by atoms with E-state index >= 15 is 0 Å². The van der Waals surface area contributed by atoms with E-state index in [4.69, 9.17) is 9.47 Å². The molecule has 0 bridgehead atoms. The minimum atomic E-state index is -0.633. The van der Waals surface area contributed by atoms with Gasteiger partial charge in [0.1, 0.15) is 6.61 Å². The van der Waals surface area contributed by atoms with E-state index in [-0.39, 0.29) is 24.5 Å². The van der Waals surface area contributed by atoms with Gasteiger partial charge in [-0.05, 0) is 35.6 Å². The summed E-state index contributed by atoms with van der Waals surface area (Å²) in [6.45, 7) is 6.57. The Morgan fingerprint density at radius 3 is 2.44 bits per heavy atom. The lowest BCUT2D eigenvalue weighted by molar-refractivity contribution is -0.131. The van der Waals surface area contributed by atoms with Gasteiger partial charge >= 0.3 is 0 Å². The Morgan fingerprint density at radius 2 is 1.80 bits per heavy atom. The number of ether oxygens (including phenoxy) is 2. The van der Waals surface area contributed by atoms with Gasteiger partial charge in [0.2, 0.25) is 6.10 Å². The fraction of sp³-hybridized carbons (Fsp3) is 0.381. The molecule has 1 amide bonds. The molecule has 0 saturated heterocycles. The fourth-order valence-electron chi connectivity index (χ4n) is 2.99. The maximum Gasteiger partial charge on any atom is 0.265 e. The molecule has 0 saturated carbocycles. The molecular weight excluding hydrogens is 314 g/mol. The van der Waals surface area contributed by atoms with Crippen molar-refractivity contribution in [2.45, 2.75) is 39.3 Å². The van der Waals surface area contributed by atoms with E-state index in [0.29, 0.717) is 11.5 Å². The summed E-state index contributed by atoms with van der Waals surface area (Å²) in [7, 11) is 0. The van der Waals surface area contributed by atoms with E-state index in [9.17, 15) is 4.79 Å². The molecule has 25 heavy (non-hydrogen) atoms. The highest BCUT2D eigenvalue weighted by Crippen LogP contribution is 2.31. The van der Waals surface area contributed by atoms with Gasteiger partial charge in [-0.1, -0.05) is 57.2 Å². The molecule has 2 aromatic rings. The number of aryl methyl sites for hydroxylation is 1. The number of para-hydroxylation sites is 2. The zero-order valence-electron chi connectivity index (χ0n) is 15.0. The van der Waals surface area contributed by atoms with Crippen LogP contribution in [0.2, 0.25) is 0 Å². The highest BCUT2D eigenvalue weighted by molar-refractivity contribution is 5.82. The fourth-order valence-corrected chi connectivity index (χ4v) is 2.99. The molecule has 0 fully saturated rings. The molecule has 1 aliphatic rings. The van der Waals surface area contributed by atoms with Gasteiger partial charge in [-0.3, -0.25) is 4.79 Å². The first-order chi connectivity index (χ1) is 12.1. The van der Waals surface area contributed by atoms with Crippen molar-refractivity contribution in [1.82, 2.24) is 5.32 Å². The first-order valence-electron chi connectivity index (χ1n) is 8.86. The quantitative estimate of drug-likeness (QED) is 0.899. The topological polar surface area (TPSA) is 47.6 Å². The lowest BCUT2D eigenvalue weighted by Crippen LogP contribution is -2.46. The van der Waals surface area contributed by atoms with E-state index in [2.05, 4.69) is 50.4 Å². The third-order valence-electron chi connectivity index (χ3n) is 4.51. The number of benzene rings is 2. The Balaban J connectivity index is 1.71. The van der Waals surface area contributed by atoms with Crippen molar-refractivity contribution in [1.29, 1.82) is 0 Å². The molecule has 0 radical (unpaired) electrons. The van der Waals surface area contributed by atoms with Crippen molar-refractivity contribution < 1.29 is 14.3 Å². The highest BCUT2D eigenvalue weighted by Gasteiger charge is 2.29. The van der Waals surface area contributed by atoms with Crippen LogP contribution in [-0.4, -0.2) is 18.6 Å². The van der Waals surface area contributed by atoms with Crippen LogP contribution in [0.3, 0.4) is 0 Å². The molecule has 0 aromatic heterocycles. The van der Waals surface area contributed by atoms with Crippen LogP contribution in [0, 0.1) is 5.92 Å². The number of fused-ring (bicyclic) bond motifs is 1. The minimum absolute atomic E-state index is 0.0563. The lowest BCUT2D eigenvalue weighted by Gasteiger charge is -2.29. The van der Waals surface area contributed by atoms with Crippen LogP contribution in [0.4, 0.5) is 0 Å². The largest absolute Gasteiger partial charge is 0.485 e. The number of hydrogen-bond donors (Lipinski definition) is 1. The molecule has 1 heterocycles. The maximum absolute atomic E-state index is 12.7. The predicted molar refractivity (Wildman–Crippen MR) is 97.9 cm³/mol. The molecule has 2 aromatic carbocycles. The summed E-state index contributed by atoms with van der Waals surface area (Å²) in [5.41, 5.74) is 2.40. The molecule has 0 unspecified atom stereocenters. The summed E-state index contributed by atoms with van der Waals surface area (Å²) in [6, 6.07) is 15.8. The number of carbonyl (C=O) groups excluding carboxylic acids is 1. The van der Waals surface area contributed by atoms with Gasteiger partial charge in [0, 0.05) is 0 Å². The van der Waals surface area contributed by atoms with Crippen LogP contribution >= 0.6 is 0 Å². The second-order valence-electron chi connectivity index (χ2n) is 6.69. The van der Waals surface area contributed by atoms with Crippen molar-refractivity contribution in [2.24, 2.45) is 5.92 Å². The molecule has 1 N–H and O–H groups in total. The maximum atomic E-state index is 12.7. The standard InChI is InChI=1S/C21H25NO3/c1-4-15-9-11-16(12-10-15)20(14(2)3)22-21(23)19-13-24-17-7-5-6-8-18(17)25-19/h5-12,14,19-20H,4,13H2,1-3H3,(H,22,23)/t19-,20-/m1/s1. The molecule has 4 nitrogen and oxygen atoms in total. The van der Waals surface area contributed by atoms with Crippen molar-refractivity contribution >= 4 is 5.91 Å². The van der Waals surface area contributed by atoms with Crippen molar-refractivity contribution in [2.75, 3.05) is 6.61 Å². The van der Waals surface area contributed by atoms with E-state index in [1.165, 1.54) is 5.56 Å². The molecule has 0 spiro atoms. The summed E-state index contributed by atoms with van der Waals surface area (Å²) in [5.74, 6) is 1.42. The monoisotopic (exact) mass is 339 g/mol. The average molecular weight is 339 g/mol. The second-order valence-corrected chi connectivity index (χ2v) is 6.69. The number of carbonyl (C=O) groups is 1. The summed E-state index contributed by atoms with van der Waals surface area (Å²) >= 11 is 0. The van der Waals surface area contributed by atoms with Crippen molar-refractivity contribution in [3.05, 3.63) is 59.7 Å². The number of rotatable bonds is 5. The number of nitrogens with one attached hydrogen (secondary N) is 1. The first kappa shape index (κ1) is 17.3. The zero-order valence-corrected chi connectivity index (χ0v) is 15.0. The Labute approximate surface area is 149 Å². The number of amides is 1. The van der Waals surface area contributed by atoms with Gasteiger partial charge in [0.15, 0.2) is 11.5 Å². The molecule has 0 aliphatic carbocycles. The molecule has 132 valence electrons. The van der Waals surface area contributed by atoms with Gasteiger partial charge in [0.25, 0.3) is 5.91 Å². The Bertz CT molecular complexity index is 724. The predicted octanol–water partition coefficient (Wildman–Crippen LogP) is 3.90. The van der Waals surface area contributed by atoms with E-state index in [1.54, 1.807) is 0 Å². The summed E-state index contributed by atoms with van der Waals surface area (Å²) in [4.78, 5) is 12.7. The minimum Gasteiger partial charge on any atom is -0.485 e. The van der Waals surface area contributed by atoms with Crippen LogP contribution in [0.5, 0.6) is 11.5 Å². The highest BCUT2D eigenvalue weighted by atomic mass is 16.6. The normalized spacial score (nSPS) is 17.2. The molecule has 1 aliphatic heterocycles. The first-order valence-corrected chi connectivity index (χ1v) is 8.86. The van der Waals surface area contributed by atoms with Crippen molar-refractivity contribution in [3.63, 3.8) is 0 Å². The summed E-state index contributed by atoms with van der Waals surface area (Å²) < 4.78 is 11.5. The van der Waals surface area contributed by atoms with Gasteiger partial charge in [-0.25, -0.2) is 0 Å². The van der Waals surface area contributed by atoms with Crippen LogP contribution in [-0.2, 0) is 11.2 Å².